The number of methoxy groups -OCH3 is 1. The van der Waals surface area contributed by atoms with Crippen LogP contribution in [0.1, 0.15) is 44.6 Å². The van der Waals surface area contributed by atoms with Gasteiger partial charge in [-0.2, -0.15) is 0 Å². The molecule has 1 saturated carbocycles. The molecular formula is C18H27NO2. The van der Waals surface area contributed by atoms with Crippen molar-refractivity contribution < 1.29 is 9.47 Å². The van der Waals surface area contributed by atoms with Crippen molar-refractivity contribution in [1.82, 2.24) is 0 Å². The first-order valence-electron chi connectivity index (χ1n) is 8.00. The van der Waals surface area contributed by atoms with E-state index in [0.717, 1.165) is 17.1 Å². The van der Waals surface area contributed by atoms with E-state index in [9.17, 15) is 0 Å². The molecule has 0 unspecified atom stereocenters. The maximum Gasteiger partial charge on any atom is 0.167 e. The Morgan fingerprint density at radius 3 is 2.67 bits per heavy atom. The molecule has 0 amide bonds. The Labute approximate surface area is 128 Å². The average Bonchev–Trinajstić information content (AvgIpc) is 2.54. The Kier molecular flexibility index (Phi) is 6.12. The lowest BCUT2D eigenvalue weighted by atomic mass is 9.83. The van der Waals surface area contributed by atoms with Gasteiger partial charge >= 0.3 is 0 Å². The van der Waals surface area contributed by atoms with Gasteiger partial charge in [-0.15, -0.1) is 0 Å². The van der Waals surface area contributed by atoms with E-state index in [2.05, 4.69) is 12.1 Å². The SMILES string of the molecule is CCOc1cccc(/C=C(/CN)C2CCCCC2)c1OC. The van der Waals surface area contributed by atoms with Crippen LogP contribution in [0, 0.1) is 5.92 Å². The van der Waals surface area contributed by atoms with Gasteiger partial charge < -0.3 is 15.2 Å². The first kappa shape index (κ1) is 15.9. The van der Waals surface area contributed by atoms with Crippen molar-refractivity contribution in [3.63, 3.8) is 0 Å². The first-order chi connectivity index (χ1) is 10.3. The second-order valence-electron chi connectivity index (χ2n) is 5.57. The van der Waals surface area contributed by atoms with Crippen molar-refractivity contribution in [2.75, 3.05) is 20.3 Å². The van der Waals surface area contributed by atoms with Crippen LogP contribution in [-0.2, 0) is 0 Å². The van der Waals surface area contributed by atoms with Crippen LogP contribution in [0.4, 0.5) is 0 Å². The summed E-state index contributed by atoms with van der Waals surface area (Å²) in [7, 11) is 1.69. The van der Waals surface area contributed by atoms with Crippen molar-refractivity contribution in [2.24, 2.45) is 11.7 Å². The molecule has 0 aliphatic heterocycles. The van der Waals surface area contributed by atoms with E-state index in [4.69, 9.17) is 15.2 Å². The number of para-hydroxylation sites is 1. The summed E-state index contributed by atoms with van der Waals surface area (Å²) in [6.45, 7) is 3.23. The van der Waals surface area contributed by atoms with E-state index in [1.54, 1.807) is 7.11 Å². The molecule has 1 aliphatic carbocycles. The number of hydrogen-bond donors (Lipinski definition) is 1. The molecule has 1 fully saturated rings. The normalized spacial score (nSPS) is 16.8. The maximum atomic E-state index is 6.00. The Balaban J connectivity index is 2.30. The molecule has 116 valence electrons. The monoisotopic (exact) mass is 289 g/mol. The van der Waals surface area contributed by atoms with Crippen LogP contribution in [0.2, 0.25) is 0 Å². The van der Waals surface area contributed by atoms with Crippen molar-refractivity contribution in [1.29, 1.82) is 0 Å². The Bertz CT molecular complexity index is 476. The molecule has 2 N–H and O–H groups in total. The average molecular weight is 289 g/mol. The fraction of sp³-hybridized carbons (Fsp3) is 0.556. The topological polar surface area (TPSA) is 44.5 Å². The molecule has 0 spiro atoms. The van der Waals surface area contributed by atoms with E-state index >= 15 is 0 Å². The van der Waals surface area contributed by atoms with E-state index in [1.165, 1.54) is 37.7 Å². The number of benzene rings is 1. The van der Waals surface area contributed by atoms with Crippen LogP contribution in [0.5, 0.6) is 11.5 Å². The van der Waals surface area contributed by atoms with Gasteiger partial charge in [0.15, 0.2) is 11.5 Å². The smallest absolute Gasteiger partial charge is 0.167 e. The Hall–Kier alpha value is -1.48. The Morgan fingerprint density at radius 1 is 1.29 bits per heavy atom. The molecule has 0 atom stereocenters. The fourth-order valence-electron chi connectivity index (χ4n) is 3.15. The van der Waals surface area contributed by atoms with Crippen molar-refractivity contribution in [3.05, 3.63) is 29.3 Å². The molecule has 0 bridgehead atoms. The molecule has 0 saturated heterocycles. The van der Waals surface area contributed by atoms with Crippen LogP contribution in [0.3, 0.4) is 0 Å². The molecular weight excluding hydrogens is 262 g/mol. The molecule has 3 heteroatoms. The highest BCUT2D eigenvalue weighted by Crippen LogP contribution is 2.35. The van der Waals surface area contributed by atoms with Gasteiger partial charge in [-0.3, -0.25) is 0 Å². The predicted molar refractivity (Wildman–Crippen MR) is 87.8 cm³/mol. The molecule has 0 aromatic heterocycles. The quantitative estimate of drug-likeness (QED) is 0.860. The molecule has 2 rings (SSSR count). The molecule has 1 aromatic carbocycles. The minimum Gasteiger partial charge on any atom is -0.492 e. The molecule has 1 aliphatic rings. The third kappa shape index (κ3) is 4.01. The third-order valence-corrected chi connectivity index (χ3v) is 4.22. The summed E-state index contributed by atoms with van der Waals surface area (Å²) in [5.41, 5.74) is 8.40. The molecule has 1 aromatic rings. The second-order valence-corrected chi connectivity index (χ2v) is 5.57. The van der Waals surface area contributed by atoms with Crippen LogP contribution in [-0.4, -0.2) is 20.3 Å². The summed E-state index contributed by atoms with van der Waals surface area (Å²) in [5.74, 6) is 2.24. The second kappa shape index (κ2) is 8.08. The molecule has 3 nitrogen and oxygen atoms in total. The summed E-state index contributed by atoms with van der Waals surface area (Å²) in [5, 5.41) is 0. The third-order valence-electron chi connectivity index (χ3n) is 4.22. The van der Waals surface area contributed by atoms with Crippen LogP contribution >= 0.6 is 0 Å². The minimum atomic E-state index is 0.618. The first-order valence-corrected chi connectivity index (χ1v) is 8.00. The summed E-state index contributed by atoms with van der Waals surface area (Å²) < 4.78 is 11.2. The summed E-state index contributed by atoms with van der Waals surface area (Å²) in [6, 6.07) is 6.02. The summed E-state index contributed by atoms with van der Waals surface area (Å²) >= 11 is 0. The van der Waals surface area contributed by atoms with Gasteiger partial charge in [-0.25, -0.2) is 0 Å². The van der Waals surface area contributed by atoms with Gasteiger partial charge in [0.1, 0.15) is 0 Å². The standard InChI is InChI=1S/C18H27NO2/c1-3-21-17-11-7-10-15(18(17)20-2)12-16(13-19)14-8-5-4-6-9-14/h7,10-12,14H,3-6,8-9,13,19H2,1-2H3/b16-12-. The van der Waals surface area contributed by atoms with Crippen molar-refractivity contribution in [3.8, 4) is 11.5 Å². The maximum absolute atomic E-state index is 6.00. The van der Waals surface area contributed by atoms with E-state index in [0.29, 0.717) is 19.1 Å². The van der Waals surface area contributed by atoms with Gasteiger partial charge in [0.2, 0.25) is 0 Å². The zero-order valence-corrected chi connectivity index (χ0v) is 13.2. The fourth-order valence-corrected chi connectivity index (χ4v) is 3.15. The highest BCUT2D eigenvalue weighted by atomic mass is 16.5. The number of ether oxygens (including phenoxy) is 2. The van der Waals surface area contributed by atoms with E-state index in [-0.39, 0.29) is 0 Å². The summed E-state index contributed by atoms with van der Waals surface area (Å²) in [6.07, 6.45) is 8.72. The number of nitrogens with two attached hydrogens (primary N) is 1. The highest BCUT2D eigenvalue weighted by molar-refractivity contribution is 5.64. The van der Waals surface area contributed by atoms with Crippen LogP contribution < -0.4 is 15.2 Å². The lowest BCUT2D eigenvalue weighted by molar-refractivity contribution is 0.310. The van der Waals surface area contributed by atoms with Gasteiger partial charge in [0.25, 0.3) is 0 Å². The number of hydrogen-bond acceptors (Lipinski definition) is 3. The van der Waals surface area contributed by atoms with Crippen molar-refractivity contribution in [2.45, 2.75) is 39.0 Å². The van der Waals surface area contributed by atoms with Crippen LogP contribution in [0.25, 0.3) is 6.08 Å². The highest BCUT2D eigenvalue weighted by Gasteiger charge is 2.18. The van der Waals surface area contributed by atoms with E-state index in [1.807, 2.05) is 19.1 Å². The number of rotatable bonds is 6. The molecule has 21 heavy (non-hydrogen) atoms. The van der Waals surface area contributed by atoms with Gasteiger partial charge in [0, 0.05) is 12.1 Å². The lowest BCUT2D eigenvalue weighted by Crippen LogP contribution is -2.16. The minimum absolute atomic E-state index is 0.618. The zero-order valence-electron chi connectivity index (χ0n) is 13.2. The van der Waals surface area contributed by atoms with Gasteiger partial charge in [0.05, 0.1) is 13.7 Å². The van der Waals surface area contributed by atoms with Crippen LogP contribution in [0.15, 0.2) is 23.8 Å². The van der Waals surface area contributed by atoms with Gasteiger partial charge in [-0.1, -0.05) is 43.0 Å². The van der Waals surface area contributed by atoms with E-state index < -0.39 is 0 Å². The zero-order chi connectivity index (χ0) is 15.1. The van der Waals surface area contributed by atoms with Crippen molar-refractivity contribution >= 4 is 6.08 Å². The molecule has 0 radical (unpaired) electrons. The molecule has 0 heterocycles. The summed E-state index contributed by atoms with van der Waals surface area (Å²) in [4.78, 5) is 0. The predicted octanol–water partition coefficient (Wildman–Crippen LogP) is 4.02. The largest absolute Gasteiger partial charge is 0.492 e. The van der Waals surface area contributed by atoms with Gasteiger partial charge in [-0.05, 0) is 31.7 Å². The lowest BCUT2D eigenvalue weighted by Gasteiger charge is -2.24. The Morgan fingerprint density at radius 2 is 2.05 bits per heavy atom.